The fourth-order valence-electron chi connectivity index (χ4n) is 10.4. The van der Waals surface area contributed by atoms with Crippen LogP contribution in [-0.2, 0) is 34.9 Å². The molecule has 0 bridgehead atoms. The van der Waals surface area contributed by atoms with E-state index in [0.29, 0.717) is 0 Å². The van der Waals surface area contributed by atoms with Crippen LogP contribution < -0.4 is 10.4 Å². The first-order valence-electron chi connectivity index (χ1n) is 19.6. The summed E-state index contributed by atoms with van der Waals surface area (Å²) in [6, 6.07) is 53.1. The van der Waals surface area contributed by atoms with E-state index in [2.05, 4.69) is 184 Å². The van der Waals surface area contributed by atoms with E-state index in [4.69, 9.17) is 17.0 Å². The van der Waals surface area contributed by atoms with E-state index >= 15 is 0 Å². The second kappa shape index (κ2) is 14.6. The molecule has 56 heavy (non-hydrogen) atoms. The van der Waals surface area contributed by atoms with Crippen molar-refractivity contribution >= 4 is 101 Å². The van der Waals surface area contributed by atoms with Crippen molar-refractivity contribution in [2.75, 3.05) is 0 Å². The molecule has 0 aliphatic heterocycles. The number of aryl methyl sites for hydroxylation is 4. The second-order valence-corrected chi connectivity index (χ2v) is 23.7. The van der Waals surface area contributed by atoms with Crippen LogP contribution in [0.3, 0.4) is 0 Å². The summed E-state index contributed by atoms with van der Waals surface area (Å²) < 4.78 is 4.67. The van der Waals surface area contributed by atoms with Gasteiger partial charge in [0.25, 0.3) is 0 Å². The van der Waals surface area contributed by atoms with Crippen LogP contribution in [0.15, 0.2) is 133 Å². The van der Waals surface area contributed by atoms with Crippen LogP contribution in [0, 0.1) is 13.8 Å². The van der Waals surface area contributed by atoms with E-state index in [1.165, 1.54) is 111 Å². The summed E-state index contributed by atoms with van der Waals surface area (Å²) in [5.41, 5.74) is 13.2. The number of nitrogens with zero attached hydrogens (tertiary/aromatic N) is 2. The SMILES string of the molecule is CC[Si](CC)([c-]1c(C)cc2c(-c3ccc4c(c3)c3ccccc3n4C)cccc21)[c-]1c(C)cc2c(-c3ccc4c5ccccc5n(C)c4c3)cccc21.[Cl][Zr+2][Cl]. The average Bonchev–Trinajstić information content (AvgIpc) is 3.93. The molecule has 0 radical (unpaired) electrons. The van der Waals surface area contributed by atoms with Gasteiger partial charge in [-0.15, -0.1) is 67.3 Å². The Hall–Kier alpha value is -4.18. The average molecular weight is 863 g/mol. The van der Waals surface area contributed by atoms with Crippen LogP contribution in [0.1, 0.15) is 25.0 Å². The van der Waals surface area contributed by atoms with Gasteiger partial charge in [-0.05, 0) is 41.5 Å². The van der Waals surface area contributed by atoms with Crippen molar-refractivity contribution in [3.8, 4) is 22.3 Å². The van der Waals surface area contributed by atoms with Crippen molar-refractivity contribution in [2.45, 2.75) is 39.8 Å². The van der Waals surface area contributed by atoms with Gasteiger partial charge in [0, 0.05) is 65.8 Å². The molecular formula is C50H44Cl2N2SiZr. The molecule has 0 N–H and O–H groups in total. The van der Waals surface area contributed by atoms with Crippen molar-refractivity contribution < 1.29 is 20.8 Å². The molecule has 0 saturated carbocycles. The summed E-state index contributed by atoms with van der Waals surface area (Å²) in [6.07, 6.45) is 0. The number of hydrogen-bond acceptors (Lipinski definition) is 0. The summed E-state index contributed by atoms with van der Waals surface area (Å²) in [7, 11) is 12.0. The standard InChI is InChI=1S/C50H44N2Si.2ClH.Zr/c1-7-53(8-2,49-31(3)27-42-35(17-13-19-40(42)49)33-24-26-47-44(29-33)38-16-10-12-22-46(38)51(47)5)50-32(4)28-43-36(18-14-20-41(43)50)34-23-25-39-37-15-9-11-21-45(37)52(6)48(39)30-34;;;/h9-30H,7-8H2,1-6H3;2*1H;/q-2;;;+4/p-2. The molecule has 2 nitrogen and oxygen atoms in total. The molecule has 0 aliphatic carbocycles. The van der Waals surface area contributed by atoms with E-state index < -0.39 is 28.9 Å². The van der Waals surface area contributed by atoms with Gasteiger partial charge in [0.1, 0.15) is 0 Å². The molecule has 0 fully saturated rings. The summed E-state index contributed by atoms with van der Waals surface area (Å²) in [5.74, 6) is 0. The zero-order valence-electron chi connectivity index (χ0n) is 32.8. The Bertz CT molecular complexity index is 3120. The van der Waals surface area contributed by atoms with Gasteiger partial charge in [-0.3, -0.25) is 0 Å². The van der Waals surface area contributed by atoms with Crippen molar-refractivity contribution in [3.05, 3.63) is 145 Å². The number of rotatable bonds is 6. The second-order valence-electron chi connectivity index (χ2n) is 15.4. The number of benzene rings is 6. The first kappa shape index (κ1) is 37.4. The van der Waals surface area contributed by atoms with Crippen molar-refractivity contribution in [2.24, 2.45) is 14.1 Å². The first-order chi connectivity index (χ1) is 27.3. The number of halogens is 2. The van der Waals surface area contributed by atoms with Crippen LogP contribution >= 0.6 is 17.0 Å². The molecule has 0 saturated heterocycles. The van der Waals surface area contributed by atoms with Gasteiger partial charge in [0.15, 0.2) is 0 Å². The Morgan fingerprint density at radius 2 is 0.929 bits per heavy atom. The topological polar surface area (TPSA) is 9.86 Å². The molecule has 0 unspecified atom stereocenters. The Balaban J connectivity index is 0.00000133. The number of fused-ring (bicyclic) bond motifs is 8. The van der Waals surface area contributed by atoms with E-state index in [0.717, 1.165) is 0 Å². The van der Waals surface area contributed by atoms with Gasteiger partial charge in [-0.25, -0.2) is 0 Å². The van der Waals surface area contributed by atoms with Crippen LogP contribution in [0.25, 0.3) is 87.4 Å². The molecule has 0 amide bonds. The molecule has 10 aromatic rings. The number of aromatic nitrogens is 2. The maximum absolute atomic E-state index is 4.93. The molecular weight excluding hydrogens is 819 g/mol. The summed E-state index contributed by atoms with van der Waals surface area (Å²) in [4.78, 5) is 0. The van der Waals surface area contributed by atoms with Crippen LogP contribution in [0.4, 0.5) is 0 Å². The molecule has 0 spiro atoms. The number of hydrogen-bond donors (Lipinski definition) is 0. The molecule has 8 aromatic carbocycles. The third-order valence-corrected chi connectivity index (χ3v) is 18.5. The minimum atomic E-state index is -2.22. The normalized spacial score (nSPS) is 12.0. The van der Waals surface area contributed by atoms with E-state index in [1.54, 1.807) is 10.4 Å². The zero-order valence-corrected chi connectivity index (χ0v) is 37.7. The number of para-hydroxylation sites is 2. The summed E-state index contributed by atoms with van der Waals surface area (Å²) in [6.45, 7) is 9.68. The van der Waals surface area contributed by atoms with Crippen LogP contribution in [0.2, 0.25) is 12.1 Å². The van der Waals surface area contributed by atoms with Gasteiger partial charge in [0.2, 0.25) is 0 Å². The molecule has 276 valence electrons. The molecule has 10 rings (SSSR count). The summed E-state index contributed by atoms with van der Waals surface area (Å²) >= 11 is -0.826. The fourth-order valence-corrected chi connectivity index (χ4v) is 15.7. The predicted molar refractivity (Wildman–Crippen MR) is 245 cm³/mol. The van der Waals surface area contributed by atoms with E-state index in [1.807, 2.05) is 0 Å². The predicted octanol–water partition coefficient (Wildman–Crippen LogP) is 13.7. The monoisotopic (exact) mass is 860 g/mol. The first-order valence-corrected chi connectivity index (χ1v) is 28.3. The van der Waals surface area contributed by atoms with E-state index in [-0.39, 0.29) is 0 Å². The third kappa shape index (κ3) is 5.58. The van der Waals surface area contributed by atoms with Gasteiger partial charge >= 0.3 is 37.9 Å². The van der Waals surface area contributed by atoms with Gasteiger partial charge < -0.3 is 9.13 Å². The van der Waals surface area contributed by atoms with Gasteiger partial charge in [0.05, 0.1) is 0 Å². The van der Waals surface area contributed by atoms with Gasteiger partial charge in [-0.1, -0.05) is 118 Å². The molecule has 0 atom stereocenters. The minimum absolute atomic E-state index is 0.826. The molecule has 2 aromatic heterocycles. The Labute approximate surface area is 348 Å². The summed E-state index contributed by atoms with van der Waals surface area (Å²) in [5, 5.41) is 14.2. The molecule has 2 heterocycles. The van der Waals surface area contributed by atoms with Crippen molar-refractivity contribution in [3.63, 3.8) is 0 Å². The quantitative estimate of drug-likeness (QED) is 0.116. The Morgan fingerprint density at radius 3 is 1.48 bits per heavy atom. The molecule has 6 heteroatoms. The maximum atomic E-state index is 4.93. The third-order valence-electron chi connectivity index (χ3n) is 12.9. The van der Waals surface area contributed by atoms with Crippen molar-refractivity contribution in [1.82, 2.24) is 9.13 Å². The fraction of sp³-hybridized carbons (Fsp3) is 0.160. The van der Waals surface area contributed by atoms with Gasteiger partial charge in [-0.2, -0.15) is 12.1 Å². The Morgan fingerprint density at radius 1 is 0.482 bits per heavy atom. The zero-order chi connectivity index (χ0) is 38.9. The van der Waals surface area contributed by atoms with Crippen LogP contribution in [0.5, 0.6) is 0 Å². The molecule has 0 aliphatic rings. The Kier molecular flexibility index (Phi) is 9.78. The van der Waals surface area contributed by atoms with Crippen LogP contribution in [-0.4, -0.2) is 17.2 Å². The van der Waals surface area contributed by atoms with E-state index in [9.17, 15) is 0 Å². The van der Waals surface area contributed by atoms with Crippen molar-refractivity contribution in [1.29, 1.82) is 0 Å².